The van der Waals surface area contributed by atoms with E-state index in [4.69, 9.17) is 0 Å². The predicted molar refractivity (Wildman–Crippen MR) is 75.0 cm³/mol. The normalized spacial score (nSPS) is 14.0. The summed E-state index contributed by atoms with van der Waals surface area (Å²) in [7, 11) is 0. The third-order valence-corrected chi connectivity index (χ3v) is 3.10. The Morgan fingerprint density at radius 3 is 2.65 bits per heavy atom. The van der Waals surface area contributed by atoms with Crippen molar-refractivity contribution >= 4 is 23.1 Å². The number of aromatic hydroxyl groups is 1. The first-order valence-corrected chi connectivity index (χ1v) is 6.06. The number of aryl methyl sites for hydroxylation is 1. The van der Waals surface area contributed by atoms with Crippen molar-refractivity contribution in [3.63, 3.8) is 0 Å². The third-order valence-electron chi connectivity index (χ3n) is 3.10. The molecule has 6 nitrogen and oxygen atoms in total. The number of carbonyl (C=O) groups is 1. The highest BCUT2D eigenvalue weighted by molar-refractivity contribution is 6.09. The summed E-state index contributed by atoms with van der Waals surface area (Å²) in [5, 5.41) is 24.5. The predicted octanol–water partition coefficient (Wildman–Crippen LogP) is 2.86. The van der Waals surface area contributed by atoms with E-state index in [0.29, 0.717) is 11.4 Å². The number of urea groups is 1. The van der Waals surface area contributed by atoms with Gasteiger partial charge in [0.1, 0.15) is 17.1 Å². The van der Waals surface area contributed by atoms with Gasteiger partial charge in [-0.2, -0.15) is 10.2 Å². The fraction of sp³-hybridized carbons (Fsp3) is 0.0714. The molecule has 0 spiro atoms. The number of phenols is 1. The number of hydrogen-bond acceptors (Lipinski definition) is 4. The van der Waals surface area contributed by atoms with Gasteiger partial charge in [-0.25, -0.2) is 4.79 Å². The van der Waals surface area contributed by atoms with E-state index in [0.717, 1.165) is 15.7 Å². The maximum atomic E-state index is 12.1. The van der Waals surface area contributed by atoms with Gasteiger partial charge in [0.15, 0.2) is 0 Å². The Hall–Kier alpha value is -2.73. The molecular weight excluding hydrogens is 258 g/mol. The van der Waals surface area contributed by atoms with Crippen molar-refractivity contribution in [3.05, 3.63) is 48.0 Å². The largest absolute Gasteiger partial charge is 0.506 e. The Kier molecular flexibility index (Phi) is 2.73. The molecule has 2 aromatic carbocycles. The molecule has 0 unspecified atom stereocenters. The smallest absolute Gasteiger partial charge is 0.347 e. The first kappa shape index (κ1) is 12.3. The summed E-state index contributed by atoms with van der Waals surface area (Å²) in [4.78, 5) is 12.1. The zero-order valence-electron chi connectivity index (χ0n) is 10.7. The second kappa shape index (κ2) is 4.43. The van der Waals surface area contributed by atoms with Gasteiger partial charge in [-0.1, -0.05) is 18.2 Å². The zero-order chi connectivity index (χ0) is 14.3. The summed E-state index contributed by atoms with van der Waals surface area (Å²) < 4.78 is 0. The molecule has 0 aliphatic carbocycles. The first-order chi connectivity index (χ1) is 9.58. The van der Waals surface area contributed by atoms with Gasteiger partial charge in [-0.15, -0.1) is 0 Å². The topological polar surface area (TPSA) is 76.0 Å². The van der Waals surface area contributed by atoms with Gasteiger partial charge in [0.2, 0.25) is 0 Å². The van der Waals surface area contributed by atoms with Crippen LogP contribution in [0.2, 0.25) is 0 Å². The standard InChI is InChI=1S/C14H13N3O3/c1-9-6-7-13(18)12(8-9)16-14(19)15-10-4-2-3-5-11(10)17(16)20/h2-8,18,20H,1H3,(H,15,19). The number of hydrogen-bond donors (Lipinski definition) is 3. The van der Waals surface area contributed by atoms with E-state index in [1.54, 1.807) is 36.4 Å². The number of benzene rings is 2. The summed E-state index contributed by atoms with van der Waals surface area (Å²) in [5.41, 5.74) is 1.99. The molecule has 2 aromatic rings. The van der Waals surface area contributed by atoms with Crippen LogP contribution in [0.25, 0.3) is 0 Å². The van der Waals surface area contributed by atoms with Crippen molar-refractivity contribution in [3.8, 4) is 5.75 Å². The van der Waals surface area contributed by atoms with Crippen LogP contribution in [-0.2, 0) is 0 Å². The number of phenolic OH excluding ortho intramolecular Hbond substituents is 1. The lowest BCUT2D eigenvalue weighted by Crippen LogP contribution is -2.51. The molecular formula is C14H13N3O3. The number of hydrazine groups is 1. The molecule has 0 aromatic heterocycles. The highest BCUT2D eigenvalue weighted by Gasteiger charge is 2.31. The molecule has 3 rings (SSSR count). The Labute approximate surface area is 115 Å². The van der Waals surface area contributed by atoms with Gasteiger partial charge in [-0.05, 0) is 36.8 Å². The van der Waals surface area contributed by atoms with Gasteiger partial charge >= 0.3 is 6.03 Å². The molecule has 3 N–H and O–H groups in total. The molecule has 0 fully saturated rings. The van der Waals surface area contributed by atoms with Crippen LogP contribution in [0.1, 0.15) is 5.56 Å². The van der Waals surface area contributed by atoms with Crippen molar-refractivity contribution in [2.24, 2.45) is 0 Å². The maximum Gasteiger partial charge on any atom is 0.347 e. The van der Waals surface area contributed by atoms with Gasteiger partial charge in [0.05, 0.1) is 5.69 Å². The number of nitrogens with zero attached hydrogens (tertiary/aromatic N) is 2. The molecule has 0 atom stereocenters. The lowest BCUT2D eigenvalue weighted by molar-refractivity contribution is 0.220. The minimum Gasteiger partial charge on any atom is -0.506 e. The van der Waals surface area contributed by atoms with E-state index < -0.39 is 6.03 Å². The van der Waals surface area contributed by atoms with E-state index in [2.05, 4.69) is 5.32 Å². The Morgan fingerprint density at radius 2 is 1.85 bits per heavy atom. The average molecular weight is 271 g/mol. The molecule has 0 saturated carbocycles. The summed E-state index contributed by atoms with van der Waals surface area (Å²) in [6.45, 7) is 1.83. The summed E-state index contributed by atoms with van der Waals surface area (Å²) in [5.74, 6) is -0.0934. The van der Waals surface area contributed by atoms with E-state index in [1.165, 1.54) is 6.07 Å². The lowest BCUT2D eigenvalue weighted by Gasteiger charge is -2.36. The van der Waals surface area contributed by atoms with Crippen LogP contribution < -0.4 is 15.5 Å². The minimum absolute atomic E-state index is 0.0934. The number of carbonyl (C=O) groups excluding carboxylic acids is 1. The molecule has 0 radical (unpaired) electrons. The highest BCUT2D eigenvalue weighted by atomic mass is 16.6. The number of para-hydroxylation sites is 2. The Morgan fingerprint density at radius 1 is 1.10 bits per heavy atom. The van der Waals surface area contributed by atoms with E-state index >= 15 is 0 Å². The van der Waals surface area contributed by atoms with E-state index in [1.807, 2.05) is 6.92 Å². The lowest BCUT2D eigenvalue weighted by atomic mass is 10.2. The van der Waals surface area contributed by atoms with Crippen LogP contribution in [0.3, 0.4) is 0 Å². The second-order valence-corrected chi connectivity index (χ2v) is 4.54. The second-order valence-electron chi connectivity index (χ2n) is 4.54. The number of anilines is 3. The van der Waals surface area contributed by atoms with Crippen molar-refractivity contribution in [2.45, 2.75) is 6.92 Å². The van der Waals surface area contributed by atoms with Crippen molar-refractivity contribution in [1.29, 1.82) is 0 Å². The zero-order valence-corrected chi connectivity index (χ0v) is 10.7. The number of fused-ring (bicyclic) bond motifs is 1. The molecule has 1 aliphatic rings. The van der Waals surface area contributed by atoms with Crippen LogP contribution in [0.5, 0.6) is 5.75 Å². The summed E-state index contributed by atoms with van der Waals surface area (Å²) in [6, 6.07) is 11.1. The van der Waals surface area contributed by atoms with E-state index in [9.17, 15) is 15.1 Å². The molecule has 1 heterocycles. The fourth-order valence-electron chi connectivity index (χ4n) is 2.13. The quantitative estimate of drug-likeness (QED) is 0.745. The van der Waals surface area contributed by atoms with Gasteiger partial charge < -0.3 is 10.4 Å². The van der Waals surface area contributed by atoms with Gasteiger partial charge in [0.25, 0.3) is 0 Å². The molecule has 0 bridgehead atoms. The first-order valence-electron chi connectivity index (χ1n) is 6.06. The molecule has 102 valence electrons. The minimum atomic E-state index is -0.549. The SMILES string of the molecule is Cc1ccc(O)c(N2C(=O)Nc3ccccc3N2O)c1. The van der Waals surface area contributed by atoms with Crippen LogP contribution in [0, 0.1) is 6.92 Å². The van der Waals surface area contributed by atoms with Gasteiger partial charge in [-0.3, -0.25) is 5.21 Å². The average Bonchev–Trinajstić information content (AvgIpc) is 2.42. The van der Waals surface area contributed by atoms with Crippen molar-refractivity contribution in [1.82, 2.24) is 0 Å². The number of nitrogens with one attached hydrogen (secondary N) is 1. The number of rotatable bonds is 1. The van der Waals surface area contributed by atoms with Crippen LogP contribution in [0.15, 0.2) is 42.5 Å². The fourth-order valence-corrected chi connectivity index (χ4v) is 2.13. The van der Waals surface area contributed by atoms with Crippen LogP contribution >= 0.6 is 0 Å². The number of amides is 2. The molecule has 6 heteroatoms. The molecule has 0 saturated heterocycles. The monoisotopic (exact) mass is 271 g/mol. The third kappa shape index (κ3) is 1.83. The Bertz CT molecular complexity index is 687. The highest BCUT2D eigenvalue weighted by Crippen LogP contribution is 2.36. The van der Waals surface area contributed by atoms with Crippen LogP contribution in [0.4, 0.5) is 21.9 Å². The maximum absolute atomic E-state index is 12.1. The Balaban J connectivity index is 2.11. The summed E-state index contributed by atoms with van der Waals surface area (Å²) in [6.07, 6.45) is 0. The molecule has 20 heavy (non-hydrogen) atoms. The van der Waals surface area contributed by atoms with Gasteiger partial charge in [0, 0.05) is 0 Å². The molecule has 1 aliphatic heterocycles. The summed E-state index contributed by atoms with van der Waals surface area (Å²) >= 11 is 0. The van der Waals surface area contributed by atoms with Crippen molar-refractivity contribution in [2.75, 3.05) is 15.5 Å². The van der Waals surface area contributed by atoms with E-state index in [-0.39, 0.29) is 11.4 Å². The van der Waals surface area contributed by atoms with Crippen LogP contribution in [-0.4, -0.2) is 16.3 Å². The van der Waals surface area contributed by atoms with Crippen molar-refractivity contribution < 1.29 is 15.1 Å². The molecule has 2 amide bonds.